The van der Waals surface area contributed by atoms with Gasteiger partial charge < -0.3 is 10.3 Å². The van der Waals surface area contributed by atoms with Crippen molar-refractivity contribution in [2.24, 2.45) is 5.14 Å². The van der Waals surface area contributed by atoms with E-state index in [9.17, 15) is 12.8 Å². The van der Waals surface area contributed by atoms with E-state index < -0.39 is 15.8 Å². The first-order chi connectivity index (χ1) is 19.6. The minimum atomic E-state index is -3.68. The van der Waals surface area contributed by atoms with Crippen LogP contribution in [0.4, 0.5) is 10.1 Å². The average Bonchev–Trinajstić information content (AvgIpc) is 3.54. The van der Waals surface area contributed by atoms with Crippen molar-refractivity contribution in [3.8, 4) is 33.8 Å². The summed E-state index contributed by atoms with van der Waals surface area (Å²) in [6, 6.07) is 14.3. The van der Waals surface area contributed by atoms with Gasteiger partial charge in [0.05, 0.1) is 28.3 Å². The smallest absolute Gasteiger partial charge is 0.209 e. The number of hydrogen-bond donors (Lipinski definition) is 4. The molecule has 0 aliphatic rings. The zero-order chi connectivity index (χ0) is 28.7. The van der Waals surface area contributed by atoms with Crippen LogP contribution in [0.25, 0.3) is 55.8 Å². The number of aromatic amines is 2. The topological polar surface area (TPSA) is 155 Å². The molecule has 0 spiro atoms. The lowest BCUT2D eigenvalue weighted by Gasteiger charge is -2.10. The number of sulfonamides is 1. The maximum Gasteiger partial charge on any atom is 0.209 e. The Labute approximate surface area is 235 Å². The maximum absolute atomic E-state index is 14.6. The summed E-state index contributed by atoms with van der Waals surface area (Å²) in [5, 5.41) is 16.8. The van der Waals surface area contributed by atoms with E-state index in [4.69, 9.17) is 10.1 Å². The van der Waals surface area contributed by atoms with Gasteiger partial charge in [-0.15, -0.1) is 0 Å². The van der Waals surface area contributed by atoms with Gasteiger partial charge in [0.2, 0.25) is 10.0 Å². The lowest BCUT2D eigenvalue weighted by atomic mass is 10.00. The number of halogens is 1. The minimum absolute atomic E-state index is 0.107. The van der Waals surface area contributed by atoms with Crippen molar-refractivity contribution < 1.29 is 12.8 Å². The Morgan fingerprint density at radius 3 is 2.71 bits per heavy atom. The van der Waals surface area contributed by atoms with E-state index in [0.717, 1.165) is 33.4 Å². The van der Waals surface area contributed by atoms with E-state index >= 15 is 0 Å². The average molecular weight is 571 g/mol. The molecule has 0 bridgehead atoms. The number of aryl methyl sites for hydroxylation is 1. The molecule has 6 aromatic rings. The van der Waals surface area contributed by atoms with Gasteiger partial charge in [-0.1, -0.05) is 6.07 Å². The van der Waals surface area contributed by atoms with E-state index in [1.807, 2.05) is 24.3 Å². The molecule has 0 atom stereocenters. The van der Waals surface area contributed by atoms with Crippen LogP contribution in [0.15, 0.2) is 67.1 Å². The molecule has 12 heteroatoms. The second-order valence-corrected chi connectivity index (χ2v) is 11.9. The van der Waals surface area contributed by atoms with Crippen LogP contribution >= 0.6 is 0 Å². The molecule has 0 radical (unpaired) electrons. The van der Waals surface area contributed by atoms with Crippen molar-refractivity contribution in [3.05, 3.63) is 78.5 Å². The number of fused-ring (bicyclic) bond motifs is 2. The molecule has 0 unspecified atom stereocenters. The van der Waals surface area contributed by atoms with Crippen LogP contribution in [0.1, 0.15) is 19.4 Å². The summed E-state index contributed by atoms with van der Waals surface area (Å²) in [5.74, 6) is -0.740. The summed E-state index contributed by atoms with van der Waals surface area (Å²) < 4.78 is 37.4. The van der Waals surface area contributed by atoms with Crippen LogP contribution in [0.5, 0.6) is 0 Å². The van der Waals surface area contributed by atoms with Gasteiger partial charge in [-0.05, 0) is 79.4 Å². The van der Waals surface area contributed by atoms with Crippen molar-refractivity contribution in [3.63, 3.8) is 0 Å². The highest BCUT2D eigenvalue weighted by Crippen LogP contribution is 2.34. The molecular formula is C29H27FN8O2S. The van der Waals surface area contributed by atoms with Gasteiger partial charge in [0.15, 0.2) is 0 Å². The van der Waals surface area contributed by atoms with Gasteiger partial charge >= 0.3 is 0 Å². The number of nitrogens with two attached hydrogens (primary N) is 1. The first-order valence-electron chi connectivity index (χ1n) is 13.0. The van der Waals surface area contributed by atoms with Gasteiger partial charge in [0.25, 0.3) is 0 Å². The number of anilines is 1. The number of pyridine rings is 3. The number of nitrogens with zero attached hydrogens (tertiary/aromatic N) is 4. The Hall–Kier alpha value is -4.68. The van der Waals surface area contributed by atoms with Crippen molar-refractivity contribution in [1.82, 2.24) is 30.1 Å². The van der Waals surface area contributed by atoms with Crippen LogP contribution in [-0.2, 0) is 16.4 Å². The number of aromatic nitrogens is 6. The monoisotopic (exact) mass is 570 g/mol. The molecular weight excluding hydrogens is 543 g/mol. The predicted molar refractivity (Wildman–Crippen MR) is 158 cm³/mol. The summed E-state index contributed by atoms with van der Waals surface area (Å²) in [4.78, 5) is 17.1. The Morgan fingerprint density at radius 2 is 1.90 bits per heavy atom. The van der Waals surface area contributed by atoms with E-state index in [0.29, 0.717) is 33.7 Å². The molecule has 0 aliphatic heterocycles. The normalized spacial score (nSPS) is 12.0. The molecule has 0 saturated heterocycles. The molecule has 1 aromatic carbocycles. The second-order valence-electron chi connectivity index (χ2n) is 10.2. The predicted octanol–water partition coefficient (Wildman–Crippen LogP) is 5.02. The Morgan fingerprint density at radius 1 is 1.05 bits per heavy atom. The number of benzene rings is 1. The third-order valence-corrected chi connectivity index (χ3v) is 7.40. The molecule has 0 fully saturated rings. The lowest BCUT2D eigenvalue weighted by molar-refractivity contribution is 0.596. The van der Waals surface area contributed by atoms with E-state index in [1.54, 1.807) is 30.7 Å². The molecule has 5 N–H and O–H groups in total. The number of hydrogen-bond acceptors (Lipinski definition) is 7. The third kappa shape index (κ3) is 5.65. The summed E-state index contributed by atoms with van der Waals surface area (Å²) in [7, 11) is -3.68. The third-order valence-electron chi connectivity index (χ3n) is 6.63. The standard InChI is InChI=1S/C29H27FN8O2S/c1-16(2)34-21-12-19(14-32-15-21)24-3-4-25-27(35-24)28(38-37-25)26-13-23-22(5-7-33-29(23)36-26)18-9-17(10-20(30)11-18)6-8-41(31,39)40/h3-5,7,9-16,34H,6,8H2,1-2H3,(H,33,36)(H,37,38)(H2,31,39,40). The zero-order valence-corrected chi connectivity index (χ0v) is 23.1. The summed E-state index contributed by atoms with van der Waals surface area (Å²) in [6.45, 7) is 4.13. The zero-order valence-electron chi connectivity index (χ0n) is 22.3. The van der Waals surface area contributed by atoms with Crippen molar-refractivity contribution in [2.45, 2.75) is 26.3 Å². The fourth-order valence-corrected chi connectivity index (χ4v) is 5.38. The van der Waals surface area contributed by atoms with Crippen LogP contribution in [0, 0.1) is 5.82 Å². The largest absolute Gasteiger partial charge is 0.382 e. The first-order valence-corrected chi connectivity index (χ1v) is 14.7. The number of primary sulfonamides is 1. The van der Waals surface area contributed by atoms with Crippen LogP contribution < -0.4 is 10.5 Å². The molecule has 0 amide bonds. The SMILES string of the molecule is CC(C)Nc1cncc(-c2ccc3[nH]nc(-c4cc5c(-c6cc(F)cc(CCS(N)(=O)=O)c6)ccnc5[nH]4)c3n2)c1. The molecule has 208 valence electrons. The molecule has 10 nitrogen and oxygen atoms in total. The molecule has 0 aliphatic carbocycles. The summed E-state index contributed by atoms with van der Waals surface area (Å²) in [6.07, 6.45) is 5.29. The summed E-state index contributed by atoms with van der Waals surface area (Å²) in [5.41, 5.74) is 7.74. The van der Waals surface area contributed by atoms with E-state index in [1.165, 1.54) is 12.1 Å². The Bertz CT molecular complexity index is 2020. The molecule has 41 heavy (non-hydrogen) atoms. The number of nitrogens with one attached hydrogen (secondary N) is 3. The van der Waals surface area contributed by atoms with Crippen LogP contribution in [0.2, 0.25) is 0 Å². The fourth-order valence-electron chi connectivity index (χ4n) is 4.86. The van der Waals surface area contributed by atoms with Gasteiger partial charge in [-0.3, -0.25) is 10.1 Å². The van der Waals surface area contributed by atoms with Crippen molar-refractivity contribution >= 4 is 37.8 Å². The highest BCUT2D eigenvalue weighted by molar-refractivity contribution is 7.89. The fraction of sp³-hybridized carbons (Fsp3) is 0.172. The Balaban J connectivity index is 1.40. The molecule has 5 heterocycles. The molecule has 6 rings (SSSR count). The van der Waals surface area contributed by atoms with E-state index in [-0.39, 0.29) is 18.2 Å². The highest BCUT2D eigenvalue weighted by Gasteiger charge is 2.17. The van der Waals surface area contributed by atoms with Crippen LogP contribution in [-0.4, -0.2) is 50.3 Å². The quantitative estimate of drug-likeness (QED) is 0.200. The minimum Gasteiger partial charge on any atom is -0.382 e. The first kappa shape index (κ1) is 26.5. The van der Waals surface area contributed by atoms with Gasteiger partial charge in [-0.2, -0.15) is 5.10 Å². The van der Waals surface area contributed by atoms with Gasteiger partial charge in [0.1, 0.15) is 22.7 Å². The molecule has 5 aromatic heterocycles. The number of H-pyrrole nitrogens is 2. The summed E-state index contributed by atoms with van der Waals surface area (Å²) >= 11 is 0. The highest BCUT2D eigenvalue weighted by atomic mass is 32.2. The number of rotatable bonds is 8. The van der Waals surface area contributed by atoms with Crippen LogP contribution in [0.3, 0.4) is 0 Å². The second kappa shape index (κ2) is 10.4. The Kier molecular flexibility index (Phi) is 6.72. The maximum atomic E-state index is 14.6. The lowest BCUT2D eigenvalue weighted by Crippen LogP contribution is -2.18. The molecule has 0 saturated carbocycles. The van der Waals surface area contributed by atoms with Crippen molar-refractivity contribution in [1.29, 1.82) is 0 Å². The van der Waals surface area contributed by atoms with Crippen molar-refractivity contribution in [2.75, 3.05) is 11.1 Å². The van der Waals surface area contributed by atoms with Gasteiger partial charge in [0, 0.05) is 35.6 Å². The van der Waals surface area contributed by atoms with E-state index in [2.05, 4.69) is 44.3 Å². The van der Waals surface area contributed by atoms with Gasteiger partial charge in [-0.25, -0.2) is 27.9 Å².